The summed E-state index contributed by atoms with van der Waals surface area (Å²) in [5, 5.41) is 0.790. The summed E-state index contributed by atoms with van der Waals surface area (Å²) in [6, 6.07) is 17.3. The van der Waals surface area contributed by atoms with Gasteiger partial charge < -0.3 is 14.3 Å². The van der Waals surface area contributed by atoms with Crippen LogP contribution in [0.5, 0.6) is 5.75 Å². The number of hydrogen-bond donors (Lipinski definition) is 3. The largest absolute Gasteiger partial charge is 0.488 e. The number of benzene rings is 2. The van der Waals surface area contributed by atoms with Gasteiger partial charge in [-0.15, -0.1) is 0 Å². The Labute approximate surface area is 175 Å². The number of ether oxygens (including phenoxy) is 1. The standard InChI is InChI=1S/C22H21N3O4S/c1-25-13-19(17-9-10-23-21(17)22(25)26)18-11-16(12-24-30(27)28)7-8-20(18)29-14-15-5-3-2-4-6-15/h2-11,13,23-24H,12,14H2,1H3,(H,27,28). The van der Waals surface area contributed by atoms with Gasteiger partial charge in [-0.05, 0) is 29.3 Å². The van der Waals surface area contributed by atoms with Crippen LogP contribution >= 0.6 is 0 Å². The second-order valence-corrected chi connectivity index (χ2v) is 7.69. The van der Waals surface area contributed by atoms with Crippen molar-refractivity contribution in [1.29, 1.82) is 0 Å². The predicted octanol–water partition coefficient (Wildman–Crippen LogP) is 3.34. The molecule has 154 valence electrons. The van der Waals surface area contributed by atoms with Crippen LogP contribution in [0.25, 0.3) is 22.0 Å². The zero-order valence-electron chi connectivity index (χ0n) is 16.3. The predicted molar refractivity (Wildman–Crippen MR) is 117 cm³/mol. The van der Waals surface area contributed by atoms with Crippen molar-refractivity contribution in [2.45, 2.75) is 13.2 Å². The third-order valence-electron chi connectivity index (χ3n) is 4.87. The first kappa shape index (κ1) is 20.1. The van der Waals surface area contributed by atoms with E-state index in [1.54, 1.807) is 19.4 Å². The molecule has 2 aromatic heterocycles. The molecular formula is C22H21N3O4S. The van der Waals surface area contributed by atoms with Crippen molar-refractivity contribution in [3.8, 4) is 16.9 Å². The van der Waals surface area contributed by atoms with Crippen LogP contribution in [0.3, 0.4) is 0 Å². The Morgan fingerprint density at radius 1 is 1.10 bits per heavy atom. The highest BCUT2D eigenvalue weighted by Gasteiger charge is 2.15. The molecule has 3 N–H and O–H groups in total. The van der Waals surface area contributed by atoms with E-state index in [-0.39, 0.29) is 12.1 Å². The van der Waals surface area contributed by atoms with Crippen LogP contribution in [-0.2, 0) is 31.5 Å². The maximum absolute atomic E-state index is 12.4. The lowest BCUT2D eigenvalue weighted by Crippen LogP contribution is -2.17. The lowest BCUT2D eigenvalue weighted by Gasteiger charge is -2.15. The highest BCUT2D eigenvalue weighted by Crippen LogP contribution is 2.35. The second-order valence-electron chi connectivity index (χ2n) is 6.90. The van der Waals surface area contributed by atoms with Crippen molar-refractivity contribution in [2.75, 3.05) is 0 Å². The van der Waals surface area contributed by atoms with Crippen molar-refractivity contribution in [3.63, 3.8) is 0 Å². The zero-order valence-corrected chi connectivity index (χ0v) is 17.1. The van der Waals surface area contributed by atoms with Crippen LogP contribution in [0.4, 0.5) is 0 Å². The fourth-order valence-corrected chi connectivity index (χ4v) is 3.68. The molecular weight excluding hydrogens is 402 g/mol. The maximum Gasteiger partial charge on any atom is 0.274 e. The molecule has 4 rings (SSSR count). The summed E-state index contributed by atoms with van der Waals surface area (Å²) in [6.07, 6.45) is 3.52. The summed E-state index contributed by atoms with van der Waals surface area (Å²) >= 11 is -2.11. The fourth-order valence-electron chi connectivity index (χ4n) is 3.39. The molecule has 0 saturated carbocycles. The summed E-state index contributed by atoms with van der Waals surface area (Å²) in [7, 11) is 1.71. The molecule has 0 fully saturated rings. The molecule has 0 bridgehead atoms. The summed E-state index contributed by atoms with van der Waals surface area (Å²) < 4.78 is 30.2. The molecule has 4 aromatic rings. The lowest BCUT2D eigenvalue weighted by atomic mass is 10.0. The Hall–Kier alpha value is -3.20. The first-order valence-electron chi connectivity index (χ1n) is 9.34. The average molecular weight is 423 g/mol. The lowest BCUT2D eigenvalue weighted by molar-refractivity contribution is 0.307. The van der Waals surface area contributed by atoms with Gasteiger partial charge >= 0.3 is 0 Å². The van der Waals surface area contributed by atoms with Gasteiger partial charge in [-0.2, -0.15) is 0 Å². The number of aromatic nitrogens is 2. The highest BCUT2D eigenvalue weighted by atomic mass is 32.2. The Bertz CT molecular complexity index is 1260. The summed E-state index contributed by atoms with van der Waals surface area (Å²) in [4.78, 5) is 15.5. The summed E-state index contributed by atoms with van der Waals surface area (Å²) in [5.74, 6) is 0.661. The molecule has 0 saturated heterocycles. The Kier molecular flexibility index (Phi) is 5.80. The van der Waals surface area contributed by atoms with Gasteiger partial charge in [0.1, 0.15) is 17.9 Å². The monoisotopic (exact) mass is 423 g/mol. The zero-order chi connectivity index (χ0) is 21.1. The van der Waals surface area contributed by atoms with Crippen LogP contribution in [0.2, 0.25) is 0 Å². The molecule has 1 atom stereocenters. The third-order valence-corrected chi connectivity index (χ3v) is 5.26. The molecule has 0 radical (unpaired) electrons. The van der Waals surface area contributed by atoms with Gasteiger partial charge in [0.15, 0.2) is 0 Å². The van der Waals surface area contributed by atoms with Crippen molar-refractivity contribution >= 4 is 22.2 Å². The van der Waals surface area contributed by atoms with Crippen molar-refractivity contribution in [1.82, 2.24) is 14.3 Å². The third kappa shape index (κ3) is 4.20. The Balaban J connectivity index is 1.80. The van der Waals surface area contributed by atoms with Crippen LogP contribution in [-0.4, -0.2) is 18.3 Å². The smallest absolute Gasteiger partial charge is 0.274 e. The first-order valence-corrected chi connectivity index (χ1v) is 10.4. The average Bonchev–Trinajstić information content (AvgIpc) is 3.24. The number of pyridine rings is 1. The van der Waals surface area contributed by atoms with E-state index in [2.05, 4.69) is 9.71 Å². The molecule has 1 unspecified atom stereocenters. The molecule has 8 heteroatoms. The summed E-state index contributed by atoms with van der Waals surface area (Å²) in [5.41, 5.74) is 3.90. The molecule has 0 spiro atoms. The van der Waals surface area contributed by atoms with E-state index >= 15 is 0 Å². The van der Waals surface area contributed by atoms with Crippen LogP contribution in [0.15, 0.2) is 71.8 Å². The minimum absolute atomic E-state index is 0.112. The van der Waals surface area contributed by atoms with Crippen LogP contribution < -0.4 is 15.0 Å². The number of hydrogen-bond acceptors (Lipinski definition) is 3. The van der Waals surface area contributed by atoms with E-state index in [1.165, 1.54) is 4.57 Å². The second kappa shape index (κ2) is 8.66. The number of rotatable bonds is 7. The SMILES string of the molecule is Cn1cc(-c2cc(CNS(=O)O)ccc2OCc2ccccc2)c2cc[nH]c2c1=O. The Morgan fingerprint density at radius 3 is 2.67 bits per heavy atom. The minimum atomic E-state index is -2.11. The number of nitrogens with one attached hydrogen (secondary N) is 2. The number of fused-ring (bicyclic) bond motifs is 1. The minimum Gasteiger partial charge on any atom is -0.488 e. The molecule has 2 aromatic carbocycles. The molecule has 7 nitrogen and oxygen atoms in total. The van der Waals surface area contributed by atoms with E-state index in [9.17, 15) is 9.00 Å². The molecule has 0 aliphatic carbocycles. The molecule has 30 heavy (non-hydrogen) atoms. The fraction of sp³-hybridized carbons (Fsp3) is 0.136. The van der Waals surface area contributed by atoms with Gasteiger partial charge in [0.05, 0.1) is 0 Å². The maximum atomic E-state index is 12.4. The van der Waals surface area contributed by atoms with Gasteiger partial charge in [0.25, 0.3) is 5.56 Å². The Morgan fingerprint density at radius 2 is 1.90 bits per heavy atom. The van der Waals surface area contributed by atoms with Crippen molar-refractivity contribution in [2.24, 2.45) is 7.05 Å². The number of nitrogens with zero attached hydrogens (tertiary/aromatic N) is 1. The van der Waals surface area contributed by atoms with E-state index < -0.39 is 11.3 Å². The quantitative estimate of drug-likeness (QED) is 0.397. The van der Waals surface area contributed by atoms with Crippen molar-refractivity contribution in [3.05, 3.63) is 88.5 Å². The summed E-state index contributed by atoms with van der Waals surface area (Å²) in [6.45, 7) is 0.616. The van der Waals surface area contributed by atoms with Crippen LogP contribution in [0.1, 0.15) is 11.1 Å². The normalized spacial score (nSPS) is 12.2. The van der Waals surface area contributed by atoms with Gasteiger partial charge in [0, 0.05) is 42.5 Å². The van der Waals surface area contributed by atoms with E-state index in [1.807, 2.05) is 54.6 Å². The van der Waals surface area contributed by atoms with Gasteiger partial charge in [-0.25, -0.2) is 8.93 Å². The van der Waals surface area contributed by atoms with E-state index in [0.29, 0.717) is 17.9 Å². The van der Waals surface area contributed by atoms with Crippen LogP contribution in [0, 0.1) is 0 Å². The molecule has 0 aliphatic heterocycles. The number of H-pyrrole nitrogens is 1. The van der Waals surface area contributed by atoms with E-state index in [4.69, 9.17) is 9.29 Å². The van der Waals surface area contributed by atoms with Gasteiger partial charge in [0.2, 0.25) is 11.3 Å². The number of aromatic amines is 1. The molecule has 0 aliphatic rings. The first-order chi connectivity index (χ1) is 14.5. The van der Waals surface area contributed by atoms with Gasteiger partial charge in [-0.3, -0.25) is 9.35 Å². The van der Waals surface area contributed by atoms with Gasteiger partial charge in [-0.1, -0.05) is 36.4 Å². The van der Waals surface area contributed by atoms with Crippen molar-refractivity contribution < 1.29 is 13.5 Å². The molecule has 2 heterocycles. The highest BCUT2D eigenvalue weighted by molar-refractivity contribution is 7.77. The number of aryl methyl sites for hydroxylation is 1. The van der Waals surface area contributed by atoms with E-state index in [0.717, 1.165) is 27.6 Å². The topological polar surface area (TPSA) is 96.3 Å². The molecule has 0 amide bonds.